The summed E-state index contributed by atoms with van der Waals surface area (Å²) in [6.45, 7) is 24.5. The van der Waals surface area contributed by atoms with Crippen molar-refractivity contribution in [3.05, 3.63) is 0 Å². The number of ether oxygens (including phenoxy) is 1. The lowest BCUT2D eigenvalue weighted by molar-refractivity contribution is -0.117. The normalized spacial score (nSPS) is 45.6. The van der Waals surface area contributed by atoms with E-state index >= 15 is 0 Å². The highest BCUT2D eigenvalue weighted by molar-refractivity contribution is 6.83. The topological polar surface area (TPSA) is 9.23 Å². The van der Waals surface area contributed by atoms with Crippen LogP contribution in [0.4, 0.5) is 0 Å². The van der Waals surface area contributed by atoms with Gasteiger partial charge in [-0.2, -0.15) is 0 Å². The maximum atomic E-state index is 6.79. The van der Waals surface area contributed by atoms with E-state index in [1.165, 1.54) is 83.5 Å². The van der Waals surface area contributed by atoms with Crippen LogP contribution in [0.3, 0.4) is 0 Å². The van der Waals surface area contributed by atoms with E-state index in [0.717, 1.165) is 81.7 Å². The van der Waals surface area contributed by atoms with Crippen LogP contribution >= 0.6 is 0 Å². The van der Waals surface area contributed by atoms with Crippen molar-refractivity contribution in [2.45, 2.75) is 213 Å². The molecule has 0 bridgehead atoms. The van der Waals surface area contributed by atoms with Crippen LogP contribution in [0.25, 0.3) is 0 Å². The van der Waals surface area contributed by atoms with Gasteiger partial charge in [0.2, 0.25) is 0 Å². The molecule has 0 radical (unpaired) electrons. The van der Waals surface area contributed by atoms with Gasteiger partial charge in [0.1, 0.15) is 0 Å². The largest absolute Gasteiger partial charge is 0.381 e. The predicted octanol–water partition coefficient (Wildman–Crippen LogP) is 14.6. The summed E-state index contributed by atoms with van der Waals surface area (Å²) in [7, 11) is 0.386. The average molecular weight is 707 g/mol. The highest BCUT2D eigenvalue weighted by Gasteiger charge is 2.66. The number of methoxy groups -OCH3 is 1. The van der Waals surface area contributed by atoms with E-state index in [2.05, 4.69) is 69.0 Å². The van der Waals surface area contributed by atoms with Crippen molar-refractivity contribution < 1.29 is 4.74 Å². The maximum absolute atomic E-state index is 6.79. The van der Waals surface area contributed by atoms with E-state index in [1.54, 1.807) is 44.9 Å². The molecule has 1 nitrogen and oxygen atoms in total. The predicted molar refractivity (Wildman–Crippen MR) is 218 cm³/mol. The summed E-state index contributed by atoms with van der Waals surface area (Å²) in [5, 5.41) is 0. The first-order valence-corrected chi connectivity index (χ1v) is 26.0. The van der Waals surface area contributed by atoms with Crippen LogP contribution in [0.15, 0.2) is 0 Å². The van der Waals surface area contributed by atoms with Crippen LogP contribution in [0, 0.1) is 81.8 Å². The van der Waals surface area contributed by atoms with Gasteiger partial charge in [-0.05, 0) is 131 Å². The third-order valence-corrected chi connectivity index (χ3v) is 26.2. The van der Waals surface area contributed by atoms with E-state index in [0.29, 0.717) is 22.9 Å². The molecule has 0 N–H and O–H groups in total. The Labute approximate surface area is 313 Å². The lowest BCUT2D eigenvalue weighted by Crippen LogP contribution is -2.56. The zero-order valence-electron chi connectivity index (χ0n) is 35.3. The highest BCUT2D eigenvalue weighted by Crippen LogP contribution is 2.72. The second-order valence-electron chi connectivity index (χ2n) is 23.3. The van der Waals surface area contributed by atoms with Gasteiger partial charge in [-0.25, -0.2) is 0 Å². The van der Waals surface area contributed by atoms with E-state index in [1.807, 2.05) is 0 Å². The number of rotatable bonds is 6. The second kappa shape index (κ2) is 15.0. The first-order valence-electron chi connectivity index (χ1n) is 23.3. The van der Waals surface area contributed by atoms with E-state index in [-0.39, 0.29) is 0 Å². The minimum absolute atomic E-state index is 0.319. The molecule has 0 aromatic heterocycles. The SMILES string of the molecule is COC1C(C(C)(C)C)CC2C(CC(C)C2[Si](C)(C2CCCCC2)C2C(C)CC3C2CC(C(C)(C)C)C[C@@H]3C2CCCCC2)[C@H]1C1CCCCC1. The van der Waals surface area contributed by atoms with Crippen LogP contribution in [0.2, 0.25) is 23.2 Å². The third-order valence-electron chi connectivity index (χ3n) is 19.0. The van der Waals surface area contributed by atoms with Crippen LogP contribution in [-0.2, 0) is 4.74 Å². The van der Waals surface area contributed by atoms with E-state index in [9.17, 15) is 0 Å². The zero-order chi connectivity index (χ0) is 35.6. The minimum atomic E-state index is -1.73. The van der Waals surface area contributed by atoms with Crippen LogP contribution < -0.4 is 0 Å². The smallest absolute Gasteiger partial charge is 0.0638 e. The summed E-state index contributed by atoms with van der Waals surface area (Å²) in [5.41, 5.74) is 3.96. The fraction of sp³-hybridized carbons (Fsp3) is 1.00. The Morgan fingerprint density at radius 3 is 1.50 bits per heavy atom. The van der Waals surface area contributed by atoms with Gasteiger partial charge < -0.3 is 4.74 Å². The van der Waals surface area contributed by atoms with E-state index < -0.39 is 8.07 Å². The lowest BCUT2D eigenvalue weighted by atomic mass is 9.56. The Kier molecular flexibility index (Phi) is 11.5. The molecule has 12 unspecified atom stereocenters. The van der Waals surface area contributed by atoms with Gasteiger partial charge in [0.15, 0.2) is 0 Å². The fourth-order valence-electron chi connectivity index (χ4n) is 17.1. The molecular weight excluding hydrogens is 621 g/mol. The van der Waals surface area contributed by atoms with Crippen LogP contribution in [0.1, 0.15) is 184 Å². The summed E-state index contributed by atoms with van der Waals surface area (Å²) in [6, 6.07) is 0. The highest BCUT2D eigenvalue weighted by atomic mass is 28.3. The Hall–Kier alpha value is 0.177. The Morgan fingerprint density at radius 2 is 0.980 bits per heavy atom. The van der Waals surface area contributed by atoms with Gasteiger partial charge in [-0.15, -0.1) is 0 Å². The number of hydrogen-bond donors (Lipinski definition) is 0. The Bertz CT molecular complexity index is 1100. The van der Waals surface area contributed by atoms with Crippen molar-refractivity contribution in [1.29, 1.82) is 0 Å². The Balaban J connectivity index is 1.31. The first-order chi connectivity index (χ1) is 23.7. The quantitative estimate of drug-likeness (QED) is 0.250. The maximum Gasteiger partial charge on any atom is 0.0638 e. The molecule has 0 saturated heterocycles. The molecule has 7 aliphatic rings. The molecule has 50 heavy (non-hydrogen) atoms. The van der Waals surface area contributed by atoms with Gasteiger partial charge in [-0.3, -0.25) is 0 Å². The van der Waals surface area contributed by atoms with Gasteiger partial charge in [-0.1, -0.05) is 158 Å². The molecule has 288 valence electrons. The molecule has 14 atom stereocenters. The lowest BCUT2D eigenvalue weighted by Gasteiger charge is -2.58. The molecule has 7 aliphatic carbocycles. The number of fused-ring (bicyclic) bond motifs is 2. The molecule has 0 spiro atoms. The summed E-state index contributed by atoms with van der Waals surface area (Å²) in [6.07, 6.45) is 31.1. The van der Waals surface area contributed by atoms with Crippen molar-refractivity contribution >= 4 is 8.07 Å². The summed E-state index contributed by atoms with van der Waals surface area (Å²) < 4.78 is 6.79. The van der Waals surface area contributed by atoms with Gasteiger partial charge >= 0.3 is 0 Å². The molecule has 0 heterocycles. The van der Waals surface area contributed by atoms with Gasteiger partial charge in [0, 0.05) is 7.11 Å². The van der Waals surface area contributed by atoms with Crippen LogP contribution in [-0.4, -0.2) is 21.3 Å². The summed E-state index contributed by atoms with van der Waals surface area (Å²) in [5.74, 6) is 11.3. The minimum Gasteiger partial charge on any atom is -0.381 e. The van der Waals surface area contributed by atoms with Crippen molar-refractivity contribution in [3.63, 3.8) is 0 Å². The standard InChI is InChI=1S/C48H86OSi/c1-31-26-38-37(33-20-14-11-15-21-33)28-35(47(3,4)5)29-40(38)45(31)50(10,36-24-18-13-19-25-36)46-32(2)27-39-41(46)30-42(48(6,7)8)44(49-9)43(39)34-22-16-12-17-23-34/h31-46H,11-30H2,1-10H3/t31?,32?,35?,37-,38?,39?,40?,41?,42?,43-,44?,45?,46?,50?/m1/s1. The van der Waals surface area contributed by atoms with Gasteiger partial charge in [0.25, 0.3) is 0 Å². The van der Waals surface area contributed by atoms with Crippen molar-refractivity contribution in [3.8, 4) is 0 Å². The monoisotopic (exact) mass is 707 g/mol. The molecule has 7 rings (SSSR count). The molecule has 0 aromatic rings. The number of hydrogen-bond acceptors (Lipinski definition) is 1. The fourth-order valence-corrected chi connectivity index (χ4v) is 25.6. The summed E-state index contributed by atoms with van der Waals surface area (Å²) >= 11 is 0. The van der Waals surface area contributed by atoms with Crippen LogP contribution in [0.5, 0.6) is 0 Å². The van der Waals surface area contributed by atoms with Crippen molar-refractivity contribution in [2.75, 3.05) is 7.11 Å². The average Bonchev–Trinajstić information content (AvgIpc) is 3.62. The van der Waals surface area contributed by atoms with Gasteiger partial charge in [0.05, 0.1) is 14.2 Å². The molecule has 0 amide bonds. The summed E-state index contributed by atoms with van der Waals surface area (Å²) in [4.78, 5) is 0. The third kappa shape index (κ3) is 6.95. The van der Waals surface area contributed by atoms with Crippen molar-refractivity contribution in [2.24, 2.45) is 81.8 Å². The first kappa shape index (κ1) is 38.5. The molecule has 0 aromatic carbocycles. The zero-order valence-corrected chi connectivity index (χ0v) is 36.3. The second-order valence-corrected chi connectivity index (χ2v) is 28.2. The van der Waals surface area contributed by atoms with E-state index in [4.69, 9.17) is 4.74 Å². The molecule has 7 saturated carbocycles. The molecule has 7 fully saturated rings. The molecule has 0 aliphatic heterocycles. The van der Waals surface area contributed by atoms with Crippen molar-refractivity contribution in [1.82, 2.24) is 0 Å². The molecule has 2 heteroatoms. The Morgan fingerprint density at radius 1 is 0.500 bits per heavy atom. The molecular formula is C48H86OSi.